The van der Waals surface area contributed by atoms with E-state index in [4.69, 9.17) is 14.2 Å². The van der Waals surface area contributed by atoms with E-state index in [1.807, 2.05) is 0 Å². The number of hydrogen-bond donors (Lipinski definition) is 0. The quantitative estimate of drug-likeness (QED) is 0.751. The van der Waals surface area contributed by atoms with Crippen molar-refractivity contribution in [3.05, 3.63) is 34.4 Å². The van der Waals surface area contributed by atoms with Crippen LogP contribution in [0.2, 0.25) is 0 Å². The zero-order valence-corrected chi connectivity index (χ0v) is 15.1. The fourth-order valence-corrected chi connectivity index (χ4v) is 3.53. The Morgan fingerprint density at radius 2 is 1.41 bits per heavy atom. The highest BCUT2D eigenvalue weighted by atomic mass is 16.7. The van der Waals surface area contributed by atoms with Gasteiger partial charge in [-0.15, -0.1) is 0 Å². The zero-order valence-electron chi connectivity index (χ0n) is 15.1. The van der Waals surface area contributed by atoms with Crippen LogP contribution in [0.3, 0.4) is 0 Å². The second kappa shape index (κ2) is 6.31. The molecule has 0 spiro atoms. The maximum Gasteiger partial charge on any atom is 0.183 e. The van der Waals surface area contributed by atoms with E-state index in [0.717, 1.165) is 11.1 Å². The standard InChI is InChI=1S/C19H30O3/c1-18(2)8-9-19(3,4)16-11-14(17(21-6)22-7)13(12-20-5)10-15(16)18/h10-11,17H,8-9,12H2,1-7H3. The molecule has 0 radical (unpaired) electrons. The van der Waals surface area contributed by atoms with Gasteiger partial charge in [-0.2, -0.15) is 0 Å². The molecule has 0 fully saturated rings. The normalized spacial score (nSPS) is 19.3. The SMILES string of the molecule is COCc1cc2c(cc1C(OC)OC)C(C)(C)CCC2(C)C. The number of hydrogen-bond acceptors (Lipinski definition) is 3. The fourth-order valence-electron chi connectivity index (χ4n) is 3.53. The Morgan fingerprint density at radius 3 is 1.86 bits per heavy atom. The Morgan fingerprint density at radius 1 is 0.909 bits per heavy atom. The Balaban J connectivity index is 2.66. The molecule has 3 heteroatoms. The third-order valence-electron chi connectivity index (χ3n) is 5.09. The fraction of sp³-hybridized carbons (Fsp3) is 0.684. The number of methoxy groups -OCH3 is 3. The summed E-state index contributed by atoms with van der Waals surface area (Å²) in [5.74, 6) is 0. The molecule has 0 aliphatic heterocycles. The first-order chi connectivity index (χ1) is 10.3. The summed E-state index contributed by atoms with van der Waals surface area (Å²) in [4.78, 5) is 0. The van der Waals surface area contributed by atoms with Gasteiger partial charge < -0.3 is 14.2 Å². The minimum atomic E-state index is -0.351. The summed E-state index contributed by atoms with van der Waals surface area (Å²) in [5.41, 5.74) is 5.46. The van der Waals surface area contributed by atoms with Crippen LogP contribution in [0.4, 0.5) is 0 Å². The van der Waals surface area contributed by atoms with Gasteiger partial charge in [0.25, 0.3) is 0 Å². The highest BCUT2D eigenvalue weighted by Gasteiger charge is 2.38. The van der Waals surface area contributed by atoms with Gasteiger partial charge in [-0.1, -0.05) is 33.8 Å². The van der Waals surface area contributed by atoms with Crippen molar-refractivity contribution < 1.29 is 14.2 Å². The second-order valence-electron chi connectivity index (χ2n) is 7.60. The Hall–Kier alpha value is -0.900. The van der Waals surface area contributed by atoms with Crippen LogP contribution < -0.4 is 0 Å². The van der Waals surface area contributed by atoms with E-state index in [1.165, 1.54) is 24.0 Å². The van der Waals surface area contributed by atoms with Crippen LogP contribution in [0.15, 0.2) is 12.1 Å². The van der Waals surface area contributed by atoms with Crippen LogP contribution in [0.25, 0.3) is 0 Å². The van der Waals surface area contributed by atoms with Crippen molar-refractivity contribution in [2.45, 2.75) is 64.3 Å². The predicted octanol–water partition coefficient (Wildman–Crippen LogP) is 4.47. The molecular weight excluding hydrogens is 276 g/mol. The van der Waals surface area contributed by atoms with Gasteiger partial charge in [0, 0.05) is 26.9 Å². The summed E-state index contributed by atoms with van der Waals surface area (Å²) in [6.07, 6.45) is 2.05. The maximum absolute atomic E-state index is 5.51. The maximum atomic E-state index is 5.51. The van der Waals surface area contributed by atoms with Gasteiger partial charge in [-0.25, -0.2) is 0 Å². The minimum Gasteiger partial charge on any atom is -0.380 e. The van der Waals surface area contributed by atoms with Gasteiger partial charge in [0.2, 0.25) is 0 Å². The topological polar surface area (TPSA) is 27.7 Å². The van der Waals surface area contributed by atoms with Gasteiger partial charge in [0.05, 0.1) is 6.61 Å². The Labute approximate surface area is 135 Å². The molecule has 1 aromatic rings. The lowest BCUT2D eigenvalue weighted by atomic mass is 9.62. The van der Waals surface area contributed by atoms with Gasteiger partial charge in [-0.3, -0.25) is 0 Å². The Kier molecular flexibility index (Phi) is 5.00. The molecule has 3 nitrogen and oxygen atoms in total. The number of rotatable bonds is 5. The molecule has 2 rings (SSSR count). The van der Waals surface area contributed by atoms with Crippen molar-refractivity contribution in [1.29, 1.82) is 0 Å². The van der Waals surface area contributed by atoms with Gasteiger partial charge in [0.1, 0.15) is 0 Å². The third kappa shape index (κ3) is 3.08. The van der Waals surface area contributed by atoms with Crippen molar-refractivity contribution in [2.24, 2.45) is 0 Å². The molecule has 1 aliphatic rings. The number of benzene rings is 1. The van der Waals surface area contributed by atoms with Crippen molar-refractivity contribution >= 4 is 0 Å². The lowest BCUT2D eigenvalue weighted by molar-refractivity contribution is -0.107. The molecule has 1 aliphatic carbocycles. The van der Waals surface area contributed by atoms with Crippen LogP contribution >= 0.6 is 0 Å². The molecule has 124 valence electrons. The molecular formula is C19H30O3. The molecule has 1 aromatic carbocycles. The van der Waals surface area contributed by atoms with E-state index >= 15 is 0 Å². The van der Waals surface area contributed by atoms with E-state index in [1.54, 1.807) is 21.3 Å². The molecule has 0 N–H and O–H groups in total. The predicted molar refractivity (Wildman–Crippen MR) is 89.2 cm³/mol. The number of fused-ring (bicyclic) bond motifs is 1. The molecule has 0 unspecified atom stereocenters. The van der Waals surface area contributed by atoms with Crippen LogP contribution in [0.1, 0.15) is 69.1 Å². The molecule has 0 heterocycles. The smallest absolute Gasteiger partial charge is 0.183 e. The first kappa shape index (κ1) is 17.5. The summed E-state index contributed by atoms with van der Waals surface area (Å²) in [6.45, 7) is 9.90. The van der Waals surface area contributed by atoms with E-state index in [9.17, 15) is 0 Å². The molecule has 0 aromatic heterocycles. The second-order valence-corrected chi connectivity index (χ2v) is 7.60. The van der Waals surface area contributed by atoms with Crippen LogP contribution in [-0.2, 0) is 31.6 Å². The average Bonchev–Trinajstić information content (AvgIpc) is 2.46. The van der Waals surface area contributed by atoms with Crippen LogP contribution in [0, 0.1) is 0 Å². The summed E-state index contributed by atoms with van der Waals surface area (Å²) >= 11 is 0. The highest BCUT2D eigenvalue weighted by molar-refractivity contribution is 5.47. The van der Waals surface area contributed by atoms with Crippen molar-refractivity contribution in [3.63, 3.8) is 0 Å². The average molecular weight is 306 g/mol. The largest absolute Gasteiger partial charge is 0.380 e. The molecule has 0 saturated carbocycles. The Bertz CT molecular complexity index is 528. The van der Waals surface area contributed by atoms with E-state index in [2.05, 4.69) is 39.8 Å². The van der Waals surface area contributed by atoms with Gasteiger partial charge >= 0.3 is 0 Å². The summed E-state index contributed by atoms with van der Waals surface area (Å²) in [7, 11) is 5.09. The zero-order chi connectivity index (χ0) is 16.5. The lowest BCUT2D eigenvalue weighted by Gasteiger charge is -2.42. The van der Waals surface area contributed by atoms with E-state index in [-0.39, 0.29) is 17.1 Å². The summed E-state index contributed by atoms with van der Waals surface area (Å²) in [5, 5.41) is 0. The van der Waals surface area contributed by atoms with E-state index < -0.39 is 0 Å². The summed E-state index contributed by atoms with van der Waals surface area (Å²) < 4.78 is 16.4. The van der Waals surface area contributed by atoms with Gasteiger partial charge in [0.15, 0.2) is 6.29 Å². The third-order valence-corrected chi connectivity index (χ3v) is 5.09. The number of ether oxygens (including phenoxy) is 3. The summed E-state index contributed by atoms with van der Waals surface area (Å²) in [6, 6.07) is 4.59. The molecule has 22 heavy (non-hydrogen) atoms. The molecule has 0 atom stereocenters. The minimum absolute atomic E-state index is 0.178. The van der Waals surface area contributed by atoms with Gasteiger partial charge in [-0.05, 0) is 46.4 Å². The van der Waals surface area contributed by atoms with Crippen LogP contribution in [0.5, 0.6) is 0 Å². The molecule has 0 amide bonds. The molecule has 0 saturated heterocycles. The molecule has 0 bridgehead atoms. The van der Waals surface area contributed by atoms with Crippen LogP contribution in [-0.4, -0.2) is 21.3 Å². The monoisotopic (exact) mass is 306 g/mol. The van der Waals surface area contributed by atoms with E-state index in [0.29, 0.717) is 6.61 Å². The van der Waals surface area contributed by atoms with Crippen molar-refractivity contribution in [3.8, 4) is 0 Å². The van der Waals surface area contributed by atoms with Crippen molar-refractivity contribution in [2.75, 3.05) is 21.3 Å². The first-order valence-electron chi connectivity index (χ1n) is 7.99. The highest BCUT2D eigenvalue weighted by Crippen LogP contribution is 2.47. The first-order valence-corrected chi connectivity index (χ1v) is 7.99. The van der Waals surface area contributed by atoms with Crippen molar-refractivity contribution in [1.82, 2.24) is 0 Å². The lowest BCUT2D eigenvalue weighted by Crippen LogP contribution is -2.34.